The number of benzene rings is 1. The van der Waals surface area contributed by atoms with Gasteiger partial charge in [-0.15, -0.1) is 0 Å². The fraction of sp³-hybridized carbons (Fsp3) is 0.500. The van der Waals surface area contributed by atoms with Gasteiger partial charge in [0.15, 0.2) is 9.84 Å². The molecule has 0 amide bonds. The van der Waals surface area contributed by atoms with Crippen LogP contribution in [0, 0.1) is 0 Å². The third-order valence-corrected chi connectivity index (χ3v) is 4.72. The summed E-state index contributed by atoms with van der Waals surface area (Å²) in [4.78, 5) is 0. The van der Waals surface area contributed by atoms with Crippen LogP contribution in [-0.2, 0) is 9.84 Å². The number of rotatable bonds is 7. The second kappa shape index (κ2) is 7.11. The topological polar surface area (TPSA) is 69.4 Å². The maximum absolute atomic E-state index is 11.7. The first-order chi connectivity index (χ1) is 8.43. The van der Waals surface area contributed by atoms with E-state index in [1.807, 2.05) is 19.1 Å². The average molecular weight is 336 g/mol. The molecule has 0 aromatic heterocycles. The standard InChI is InChI=1S/C12H18BrNO3S/c1-2-11(14)9-18(15,16)8-7-17-12-5-3-10(13)4-6-12/h3-6,11H,2,7-9,14H2,1H3. The minimum Gasteiger partial charge on any atom is -0.493 e. The smallest absolute Gasteiger partial charge is 0.155 e. The summed E-state index contributed by atoms with van der Waals surface area (Å²) in [5.74, 6) is 0.678. The molecule has 0 bridgehead atoms. The number of sulfone groups is 1. The van der Waals surface area contributed by atoms with Crippen LogP contribution in [0.4, 0.5) is 0 Å². The van der Waals surface area contributed by atoms with Gasteiger partial charge >= 0.3 is 0 Å². The van der Waals surface area contributed by atoms with Crippen molar-refractivity contribution < 1.29 is 13.2 Å². The molecule has 0 fully saturated rings. The molecule has 0 spiro atoms. The summed E-state index contributed by atoms with van der Waals surface area (Å²) >= 11 is 3.32. The number of ether oxygens (including phenoxy) is 1. The lowest BCUT2D eigenvalue weighted by Gasteiger charge is -2.10. The lowest BCUT2D eigenvalue weighted by Crippen LogP contribution is -2.31. The van der Waals surface area contributed by atoms with Crippen molar-refractivity contribution in [2.75, 3.05) is 18.1 Å². The van der Waals surface area contributed by atoms with E-state index in [0.29, 0.717) is 12.2 Å². The van der Waals surface area contributed by atoms with Crippen molar-refractivity contribution in [3.05, 3.63) is 28.7 Å². The molecule has 4 nitrogen and oxygen atoms in total. The zero-order valence-electron chi connectivity index (χ0n) is 10.3. The fourth-order valence-corrected chi connectivity index (χ4v) is 3.00. The lowest BCUT2D eigenvalue weighted by molar-refractivity contribution is 0.340. The molecule has 1 aromatic rings. The van der Waals surface area contributed by atoms with E-state index >= 15 is 0 Å². The highest BCUT2D eigenvalue weighted by Crippen LogP contribution is 2.16. The molecule has 1 rings (SSSR count). The van der Waals surface area contributed by atoms with Gasteiger partial charge in [0.25, 0.3) is 0 Å². The number of hydrogen-bond donors (Lipinski definition) is 1. The van der Waals surface area contributed by atoms with Gasteiger partial charge in [0.1, 0.15) is 12.4 Å². The second-order valence-electron chi connectivity index (χ2n) is 4.09. The van der Waals surface area contributed by atoms with E-state index < -0.39 is 9.84 Å². The van der Waals surface area contributed by atoms with Gasteiger partial charge in [-0.1, -0.05) is 22.9 Å². The zero-order chi connectivity index (χ0) is 13.6. The summed E-state index contributed by atoms with van der Waals surface area (Å²) in [7, 11) is -3.13. The molecule has 0 aliphatic rings. The van der Waals surface area contributed by atoms with Crippen LogP contribution in [0.1, 0.15) is 13.3 Å². The van der Waals surface area contributed by atoms with Crippen LogP contribution in [0.25, 0.3) is 0 Å². The SMILES string of the molecule is CCC(N)CS(=O)(=O)CCOc1ccc(Br)cc1. The van der Waals surface area contributed by atoms with E-state index in [1.54, 1.807) is 12.1 Å². The first-order valence-corrected chi connectivity index (χ1v) is 8.39. The van der Waals surface area contributed by atoms with E-state index in [2.05, 4.69) is 15.9 Å². The van der Waals surface area contributed by atoms with E-state index in [4.69, 9.17) is 10.5 Å². The Morgan fingerprint density at radius 3 is 2.50 bits per heavy atom. The van der Waals surface area contributed by atoms with Crippen molar-refractivity contribution in [2.24, 2.45) is 5.73 Å². The average Bonchev–Trinajstić information content (AvgIpc) is 2.31. The lowest BCUT2D eigenvalue weighted by atomic mass is 10.3. The first kappa shape index (κ1) is 15.5. The fourth-order valence-electron chi connectivity index (χ4n) is 1.34. The van der Waals surface area contributed by atoms with Gasteiger partial charge in [-0.05, 0) is 30.7 Å². The van der Waals surface area contributed by atoms with Crippen LogP contribution >= 0.6 is 15.9 Å². The van der Waals surface area contributed by atoms with Gasteiger partial charge in [-0.3, -0.25) is 0 Å². The molecule has 0 aliphatic carbocycles. The quantitative estimate of drug-likeness (QED) is 0.827. The molecule has 0 heterocycles. The predicted octanol–water partition coefficient (Wildman–Crippen LogP) is 1.98. The van der Waals surface area contributed by atoms with Gasteiger partial charge in [-0.2, -0.15) is 0 Å². The summed E-state index contributed by atoms with van der Waals surface area (Å²) in [5, 5.41) is 0. The highest BCUT2D eigenvalue weighted by molar-refractivity contribution is 9.10. The minimum atomic E-state index is -3.13. The molecule has 6 heteroatoms. The van der Waals surface area contributed by atoms with Crippen LogP contribution in [0.5, 0.6) is 5.75 Å². The van der Waals surface area contributed by atoms with Crippen LogP contribution in [0.3, 0.4) is 0 Å². The third kappa shape index (κ3) is 5.84. The van der Waals surface area contributed by atoms with Crippen molar-refractivity contribution in [2.45, 2.75) is 19.4 Å². The molecule has 102 valence electrons. The van der Waals surface area contributed by atoms with E-state index in [1.165, 1.54) is 0 Å². The van der Waals surface area contributed by atoms with E-state index in [9.17, 15) is 8.42 Å². The minimum absolute atomic E-state index is 0.00321. The predicted molar refractivity (Wildman–Crippen MR) is 76.6 cm³/mol. The van der Waals surface area contributed by atoms with Gasteiger partial charge in [-0.25, -0.2) is 8.42 Å². The molecule has 1 unspecified atom stereocenters. The van der Waals surface area contributed by atoms with Gasteiger partial charge in [0.2, 0.25) is 0 Å². The highest BCUT2D eigenvalue weighted by atomic mass is 79.9. The van der Waals surface area contributed by atoms with Crippen LogP contribution < -0.4 is 10.5 Å². The zero-order valence-corrected chi connectivity index (χ0v) is 12.7. The molecule has 18 heavy (non-hydrogen) atoms. The van der Waals surface area contributed by atoms with Crippen molar-refractivity contribution in [1.29, 1.82) is 0 Å². The van der Waals surface area contributed by atoms with Crippen molar-refractivity contribution in [3.8, 4) is 5.75 Å². The van der Waals surface area contributed by atoms with Crippen LogP contribution in [0.15, 0.2) is 28.7 Å². The summed E-state index contributed by atoms with van der Waals surface area (Å²) in [5.41, 5.74) is 5.63. The number of halogens is 1. The van der Waals surface area contributed by atoms with E-state index in [-0.39, 0.29) is 24.2 Å². The van der Waals surface area contributed by atoms with Crippen LogP contribution in [-0.4, -0.2) is 32.6 Å². The van der Waals surface area contributed by atoms with Crippen molar-refractivity contribution in [1.82, 2.24) is 0 Å². The summed E-state index contributed by atoms with van der Waals surface area (Å²) in [6.45, 7) is 2.03. The van der Waals surface area contributed by atoms with Gasteiger partial charge in [0, 0.05) is 10.5 Å². The van der Waals surface area contributed by atoms with Crippen LogP contribution in [0.2, 0.25) is 0 Å². The summed E-state index contributed by atoms with van der Waals surface area (Å²) < 4.78 is 29.7. The summed E-state index contributed by atoms with van der Waals surface area (Å²) in [6.07, 6.45) is 0.660. The molecular formula is C12H18BrNO3S. The number of hydrogen-bond acceptors (Lipinski definition) is 4. The maximum atomic E-state index is 11.7. The Balaban J connectivity index is 2.39. The normalized spacial score (nSPS) is 13.3. The van der Waals surface area contributed by atoms with Crippen molar-refractivity contribution in [3.63, 3.8) is 0 Å². The molecule has 2 N–H and O–H groups in total. The third-order valence-electron chi connectivity index (χ3n) is 2.47. The second-order valence-corrected chi connectivity index (χ2v) is 7.23. The Morgan fingerprint density at radius 2 is 1.94 bits per heavy atom. The molecule has 0 aliphatic heterocycles. The monoisotopic (exact) mass is 335 g/mol. The Morgan fingerprint density at radius 1 is 1.33 bits per heavy atom. The Kier molecular flexibility index (Phi) is 6.11. The first-order valence-electron chi connectivity index (χ1n) is 5.77. The molecule has 0 radical (unpaired) electrons. The molecule has 1 aromatic carbocycles. The Bertz CT molecular complexity index is 459. The molecule has 1 atom stereocenters. The molecule has 0 saturated heterocycles. The summed E-state index contributed by atoms with van der Waals surface area (Å²) in [6, 6.07) is 6.97. The van der Waals surface area contributed by atoms with Crippen molar-refractivity contribution >= 4 is 25.8 Å². The number of nitrogens with two attached hydrogens (primary N) is 1. The Hall–Kier alpha value is -0.590. The molecule has 0 saturated carbocycles. The van der Waals surface area contributed by atoms with E-state index in [0.717, 1.165) is 4.47 Å². The maximum Gasteiger partial charge on any atom is 0.155 e. The largest absolute Gasteiger partial charge is 0.493 e. The highest BCUT2D eigenvalue weighted by Gasteiger charge is 2.15. The Labute approximate surface area is 117 Å². The van der Waals surface area contributed by atoms with Gasteiger partial charge < -0.3 is 10.5 Å². The van der Waals surface area contributed by atoms with Gasteiger partial charge in [0.05, 0.1) is 11.5 Å². The molecular weight excluding hydrogens is 318 g/mol.